The average Bonchev–Trinajstić information content (AvgIpc) is 2.80. The predicted octanol–water partition coefficient (Wildman–Crippen LogP) is 5.45. The van der Waals surface area contributed by atoms with Crippen LogP contribution in [0.15, 0.2) is 42.5 Å². The van der Waals surface area contributed by atoms with Crippen molar-refractivity contribution in [1.82, 2.24) is 5.32 Å². The van der Waals surface area contributed by atoms with Crippen LogP contribution < -0.4 is 15.0 Å². The Morgan fingerprint density at radius 3 is 2.48 bits per heavy atom. The fourth-order valence-corrected chi connectivity index (χ4v) is 4.76. The Kier molecular flexibility index (Phi) is 6.84. The van der Waals surface area contributed by atoms with E-state index in [0.29, 0.717) is 0 Å². The third-order valence-corrected chi connectivity index (χ3v) is 6.93. The zero-order valence-corrected chi connectivity index (χ0v) is 19.2. The van der Waals surface area contributed by atoms with Crippen molar-refractivity contribution in [3.8, 4) is 5.75 Å². The van der Waals surface area contributed by atoms with E-state index >= 15 is 0 Å². The molecule has 1 heterocycles. The number of hydrogen-bond donors (Lipinski definition) is 1. The Morgan fingerprint density at radius 1 is 1.03 bits per heavy atom. The molecule has 166 valence electrons. The van der Waals surface area contributed by atoms with Crippen molar-refractivity contribution in [3.63, 3.8) is 0 Å². The number of carbonyl (C=O) groups is 1. The van der Waals surface area contributed by atoms with E-state index in [2.05, 4.69) is 47.5 Å². The van der Waals surface area contributed by atoms with E-state index in [0.717, 1.165) is 43.2 Å². The van der Waals surface area contributed by atoms with Crippen LogP contribution in [-0.4, -0.2) is 25.1 Å². The number of nitrogens with zero attached hydrogens (tertiary/aromatic N) is 1. The molecule has 1 N–H and O–H groups in total. The van der Waals surface area contributed by atoms with Gasteiger partial charge in [0.2, 0.25) is 0 Å². The summed E-state index contributed by atoms with van der Waals surface area (Å²) in [6.45, 7) is 8.47. The van der Waals surface area contributed by atoms with Gasteiger partial charge in [-0.25, -0.2) is 0 Å². The van der Waals surface area contributed by atoms with Gasteiger partial charge >= 0.3 is 0 Å². The van der Waals surface area contributed by atoms with E-state index in [1.807, 2.05) is 26.0 Å². The molecule has 1 saturated heterocycles. The van der Waals surface area contributed by atoms with Gasteiger partial charge < -0.3 is 15.0 Å². The lowest BCUT2D eigenvalue weighted by Crippen LogP contribution is -2.38. The van der Waals surface area contributed by atoms with E-state index in [4.69, 9.17) is 4.74 Å². The molecule has 31 heavy (non-hydrogen) atoms. The molecule has 4 rings (SSSR count). The summed E-state index contributed by atoms with van der Waals surface area (Å²) >= 11 is 0. The maximum Gasteiger partial charge on any atom is 0.261 e. The van der Waals surface area contributed by atoms with Gasteiger partial charge in [0, 0.05) is 18.8 Å². The molecule has 2 aromatic carbocycles. The third kappa shape index (κ3) is 5.23. The maximum atomic E-state index is 12.8. The number of rotatable bonds is 6. The van der Waals surface area contributed by atoms with Gasteiger partial charge in [-0.3, -0.25) is 4.79 Å². The fraction of sp³-hybridized carbons (Fsp3) is 0.519. The molecule has 0 bridgehead atoms. The molecule has 0 radical (unpaired) electrons. The van der Waals surface area contributed by atoms with Crippen LogP contribution in [0.5, 0.6) is 5.75 Å². The van der Waals surface area contributed by atoms with Crippen LogP contribution in [0.25, 0.3) is 0 Å². The van der Waals surface area contributed by atoms with Gasteiger partial charge in [0.05, 0.1) is 6.04 Å². The lowest BCUT2D eigenvalue weighted by atomic mass is 9.91. The van der Waals surface area contributed by atoms with Crippen LogP contribution in [0.1, 0.15) is 69.2 Å². The zero-order valence-electron chi connectivity index (χ0n) is 19.2. The molecular weight excluding hydrogens is 384 g/mol. The molecule has 0 aromatic heterocycles. The largest absolute Gasteiger partial charge is 0.481 e. The second-order valence-corrected chi connectivity index (χ2v) is 9.35. The zero-order chi connectivity index (χ0) is 21.8. The summed E-state index contributed by atoms with van der Waals surface area (Å²) in [7, 11) is 0. The highest BCUT2D eigenvalue weighted by Gasteiger charge is 2.21. The molecule has 0 spiro atoms. The number of nitrogens with one attached hydrogen (secondary N) is 1. The summed E-state index contributed by atoms with van der Waals surface area (Å²) in [5.41, 5.74) is 5.05. The molecule has 2 aromatic rings. The normalized spacial score (nSPS) is 18.7. The number of hydrogen-bond acceptors (Lipinski definition) is 3. The molecule has 4 nitrogen and oxygen atoms in total. The van der Waals surface area contributed by atoms with Gasteiger partial charge in [-0.05, 0) is 93.2 Å². The predicted molar refractivity (Wildman–Crippen MR) is 127 cm³/mol. The number of fused-ring (bicyclic) bond motifs is 1. The van der Waals surface area contributed by atoms with Gasteiger partial charge in [0.15, 0.2) is 6.10 Å². The summed E-state index contributed by atoms with van der Waals surface area (Å²) in [5.74, 6) is 1.62. The van der Waals surface area contributed by atoms with Crippen molar-refractivity contribution in [2.45, 2.75) is 71.4 Å². The first kappa shape index (κ1) is 21.7. The topological polar surface area (TPSA) is 41.6 Å². The number of aryl methyl sites for hydroxylation is 1. The van der Waals surface area contributed by atoms with Crippen molar-refractivity contribution in [3.05, 3.63) is 59.2 Å². The highest BCUT2D eigenvalue weighted by Crippen LogP contribution is 2.30. The summed E-state index contributed by atoms with van der Waals surface area (Å²) in [5, 5.41) is 3.12. The lowest BCUT2D eigenvalue weighted by molar-refractivity contribution is -0.127. The number of piperidine rings is 1. The van der Waals surface area contributed by atoms with Gasteiger partial charge in [0.25, 0.3) is 5.91 Å². The van der Waals surface area contributed by atoms with Crippen molar-refractivity contribution >= 4 is 11.6 Å². The average molecular weight is 421 g/mol. The Morgan fingerprint density at radius 2 is 1.74 bits per heavy atom. The molecule has 1 aliphatic heterocycles. The Hall–Kier alpha value is -2.49. The first-order chi connectivity index (χ1) is 15.0. The minimum Gasteiger partial charge on any atom is -0.481 e. The van der Waals surface area contributed by atoms with Crippen molar-refractivity contribution < 1.29 is 9.53 Å². The number of benzene rings is 2. The SMILES string of the molecule is CC1CCN(c2ccc([C@@H](C)NC(=O)[C@@H](C)Oc3cccc4c3CCCC4)cc2)CC1. The molecule has 2 aliphatic rings. The quantitative estimate of drug-likeness (QED) is 0.676. The van der Waals surface area contributed by atoms with E-state index in [1.54, 1.807) is 0 Å². The van der Waals surface area contributed by atoms with Crippen molar-refractivity contribution in [2.24, 2.45) is 5.92 Å². The number of anilines is 1. The van der Waals surface area contributed by atoms with Crippen LogP contribution in [0.4, 0.5) is 5.69 Å². The summed E-state index contributed by atoms with van der Waals surface area (Å²) in [6.07, 6.45) is 6.57. The van der Waals surface area contributed by atoms with E-state index in [9.17, 15) is 4.79 Å². The van der Waals surface area contributed by atoms with Crippen LogP contribution in [0.2, 0.25) is 0 Å². The summed E-state index contributed by atoms with van der Waals surface area (Å²) in [4.78, 5) is 15.3. The second-order valence-electron chi connectivity index (χ2n) is 9.35. The lowest BCUT2D eigenvalue weighted by Gasteiger charge is -2.32. The highest BCUT2D eigenvalue weighted by molar-refractivity contribution is 5.81. The molecule has 0 saturated carbocycles. The fourth-order valence-electron chi connectivity index (χ4n) is 4.76. The van der Waals surface area contributed by atoms with E-state index < -0.39 is 6.10 Å². The minimum atomic E-state index is -0.523. The Balaban J connectivity index is 1.34. The second kappa shape index (κ2) is 9.76. The molecule has 4 heteroatoms. The van der Waals surface area contributed by atoms with Crippen LogP contribution in [0.3, 0.4) is 0 Å². The van der Waals surface area contributed by atoms with Crippen molar-refractivity contribution in [1.29, 1.82) is 0 Å². The molecular formula is C27H36N2O2. The Bertz CT molecular complexity index is 885. The van der Waals surface area contributed by atoms with E-state index in [-0.39, 0.29) is 11.9 Å². The first-order valence-electron chi connectivity index (χ1n) is 11.9. The van der Waals surface area contributed by atoms with Gasteiger partial charge in [-0.1, -0.05) is 31.2 Å². The molecule has 1 aliphatic carbocycles. The van der Waals surface area contributed by atoms with Crippen LogP contribution in [0, 0.1) is 5.92 Å². The minimum absolute atomic E-state index is 0.0568. The summed E-state index contributed by atoms with van der Waals surface area (Å²) in [6, 6.07) is 14.8. The standard InChI is InChI=1S/C27H36N2O2/c1-19-15-17-29(18-16-19)24-13-11-22(12-14-24)20(2)28-27(30)21(3)31-26-10-6-8-23-7-4-5-9-25(23)26/h6,8,10-14,19-21H,4-5,7,9,15-18H2,1-3H3,(H,28,30)/t20-,21-/m1/s1. The van der Waals surface area contributed by atoms with Crippen LogP contribution >= 0.6 is 0 Å². The number of ether oxygens (including phenoxy) is 1. The smallest absolute Gasteiger partial charge is 0.261 e. The Labute approximate surface area is 187 Å². The molecule has 0 unspecified atom stereocenters. The third-order valence-electron chi connectivity index (χ3n) is 6.93. The number of amides is 1. The molecule has 1 amide bonds. The molecule has 2 atom stereocenters. The summed E-state index contributed by atoms with van der Waals surface area (Å²) < 4.78 is 6.10. The van der Waals surface area contributed by atoms with Gasteiger partial charge in [0.1, 0.15) is 5.75 Å². The van der Waals surface area contributed by atoms with Crippen molar-refractivity contribution in [2.75, 3.05) is 18.0 Å². The van der Waals surface area contributed by atoms with Gasteiger partial charge in [-0.2, -0.15) is 0 Å². The van der Waals surface area contributed by atoms with Gasteiger partial charge in [-0.15, -0.1) is 0 Å². The first-order valence-corrected chi connectivity index (χ1v) is 11.9. The molecule has 1 fully saturated rings. The maximum absolute atomic E-state index is 12.8. The monoisotopic (exact) mass is 420 g/mol. The van der Waals surface area contributed by atoms with Crippen LogP contribution in [-0.2, 0) is 17.6 Å². The highest BCUT2D eigenvalue weighted by atomic mass is 16.5. The van der Waals surface area contributed by atoms with E-state index in [1.165, 1.54) is 42.5 Å². The number of carbonyl (C=O) groups excluding carboxylic acids is 1.